The summed E-state index contributed by atoms with van der Waals surface area (Å²) in [4.78, 5) is 2.46. The molecule has 0 aliphatic carbocycles. The molecule has 110 valence electrons. The molecule has 0 bridgehead atoms. The van der Waals surface area contributed by atoms with Crippen molar-refractivity contribution in [3.8, 4) is 0 Å². The van der Waals surface area contributed by atoms with E-state index in [4.69, 9.17) is 0 Å². The first-order valence-electron chi connectivity index (χ1n) is 7.40. The van der Waals surface area contributed by atoms with Gasteiger partial charge in [0.05, 0.1) is 12.2 Å². The summed E-state index contributed by atoms with van der Waals surface area (Å²) in [6.45, 7) is 15.8. The highest BCUT2D eigenvalue weighted by Gasteiger charge is 2.20. The molecule has 0 spiro atoms. The van der Waals surface area contributed by atoms with Gasteiger partial charge in [0, 0.05) is 31.4 Å². The Morgan fingerprint density at radius 2 is 2.20 bits per heavy atom. The number of hydrogen-bond acceptors (Lipinski definition) is 3. The van der Waals surface area contributed by atoms with Gasteiger partial charge >= 0.3 is 0 Å². The molecule has 0 aromatic carbocycles. The quantitative estimate of drug-likeness (QED) is 0.736. The van der Waals surface area contributed by atoms with Crippen LogP contribution < -0.4 is 5.32 Å². The van der Waals surface area contributed by atoms with Crippen LogP contribution in [0.15, 0.2) is 31.5 Å². The molecule has 1 aliphatic rings. The van der Waals surface area contributed by atoms with Crippen LogP contribution in [0.5, 0.6) is 0 Å². The first-order valence-corrected chi connectivity index (χ1v) is 7.40. The average molecular weight is 274 g/mol. The van der Waals surface area contributed by atoms with E-state index in [9.17, 15) is 0 Å². The highest BCUT2D eigenvalue weighted by Crippen LogP contribution is 2.15. The van der Waals surface area contributed by atoms with Crippen molar-refractivity contribution in [1.29, 1.82) is 0 Å². The third kappa shape index (κ3) is 4.05. The van der Waals surface area contributed by atoms with Crippen LogP contribution in [0.4, 0.5) is 0 Å². The Kier molecular flexibility index (Phi) is 5.56. The molecule has 4 heteroatoms. The van der Waals surface area contributed by atoms with Crippen LogP contribution in [0.3, 0.4) is 0 Å². The number of allylic oxidation sites excluding steroid dienone is 1. The molecule has 1 aromatic rings. The van der Waals surface area contributed by atoms with Gasteiger partial charge in [-0.3, -0.25) is 9.58 Å². The number of hydrogen-bond donors (Lipinski definition) is 1. The Balaban J connectivity index is 1.73. The summed E-state index contributed by atoms with van der Waals surface area (Å²) in [6, 6.07) is 0. The molecular formula is C16H26N4. The maximum atomic E-state index is 4.47. The third-order valence-corrected chi connectivity index (χ3v) is 3.87. The Morgan fingerprint density at radius 3 is 2.95 bits per heavy atom. The van der Waals surface area contributed by atoms with Gasteiger partial charge in [-0.05, 0) is 32.4 Å². The molecule has 1 N–H and O–H groups in total. The SMILES string of the molecule is C=CCN1CC[C@@H](CNCc2cn(CC=C)nc2C)C1. The highest BCUT2D eigenvalue weighted by atomic mass is 15.3. The lowest BCUT2D eigenvalue weighted by Crippen LogP contribution is -2.26. The molecule has 20 heavy (non-hydrogen) atoms. The maximum absolute atomic E-state index is 4.47. The molecule has 2 rings (SSSR count). The van der Waals surface area contributed by atoms with Crippen molar-refractivity contribution in [1.82, 2.24) is 20.0 Å². The van der Waals surface area contributed by atoms with Gasteiger partial charge < -0.3 is 5.32 Å². The van der Waals surface area contributed by atoms with Crippen LogP contribution in [-0.4, -0.2) is 40.9 Å². The Hall–Kier alpha value is -1.39. The monoisotopic (exact) mass is 274 g/mol. The van der Waals surface area contributed by atoms with Crippen molar-refractivity contribution in [2.45, 2.75) is 26.4 Å². The number of aromatic nitrogens is 2. The van der Waals surface area contributed by atoms with Gasteiger partial charge in [0.15, 0.2) is 0 Å². The molecule has 1 fully saturated rings. The number of rotatable bonds is 8. The number of nitrogens with zero attached hydrogens (tertiary/aromatic N) is 3. The largest absolute Gasteiger partial charge is 0.312 e. The Labute approximate surface area is 122 Å². The van der Waals surface area contributed by atoms with Gasteiger partial charge in [-0.15, -0.1) is 13.2 Å². The Bertz CT molecular complexity index is 449. The fraction of sp³-hybridized carbons (Fsp3) is 0.562. The zero-order chi connectivity index (χ0) is 14.4. The first kappa shape index (κ1) is 15.0. The predicted molar refractivity (Wildman–Crippen MR) is 83.6 cm³/mol. The van der Waals surface area contributed by atoms with E-state index in [1.54, 1.807) is 0 Å². The topological polar surface area (TPSA) is 33.1 Å². The standard InChI is InChI=1S/C16H26N4/c1-4-7-19-9-6-15(12-19)10-17-11-16-13-20(8-5-2)18-14(16)3/h4-5,13,15,17H,1-2,6-12H2,3H3/t15-/m0/s1. The summed E-state index contributed by atoms with van der Waals surface area (Å²) in [5, 5.41) is 8.04. The van der Waals surface area contributed by atoms with Crippen molar-refractivity contribution >= 4 is 0 Å². The normalized spacial score (nSPS) is 19.4. The molecule has 0 radical (unpaired) electrons. The van der Waals surface area contributed by atoms with Gasteiger partial charge in [0.1, 0.15) is 0 Å². The van der Waals surface area contributed by atoms with E-state index in [0.717, 1.165) is 37.8 Å². The molecule has 2 heterocycles. The van der Waals surface area contributed by atoms with Crippen molar-refractivity contribution in [2.75, 3.05) is 26.2 Å². The minimum absolute atomic E-state index is 0.762. The molecular weight excluding hydrogens is 248 g/mol. The molecule has 0 amide bonds. The van der Waals surface area contributed by atoms with Gasteiger partial charge in [0.25, 0.3) is 0 Å². The zero-order valence-corrected chi connectivity index (χ0v) is 12.5. The smallest absolute Gasteiger partial charge is 0.0638 e. The highest BCUT2D eigenvalue weighted by molar-refractivity contribution is 5.15. The van der Waals surface area contributed by atoms with Crippen LogP contribution in [0.1, 0.15) is 17.7 Å². The van der Waals surface area contributed by atoms with Crippen LogP contribution >= 0.6 is 0 Å². The molecule has 0 saturated carbocycles. The lowest BCUT2D eigenvalue weighted by atomic mass is 10.1. The fourth-order valence-corrected chi connectivity index (χ4v) is 2.80. The number of aryl methyl sites for hydroxylation is 1. The van der Waals surface area contributed by atoms with Gasteiger partial charge in [-0.25, -0.2) is 0 Å². The van der Waals surface area contributed by atoms with Gasteiger partial charge in [-0.2, -0.15) is 5.10 Å². The zero-order valence-electron chi connectivity index (χ0n) is 12.5. The average Bonchev–Trinajstić information content (AvgIpc) is 2.99. The summed E-state index contributed by atoms with van der Waals surface area (Å²) in [6.07, 6.45) is 7.27. The van der Waals surface area contributed by atoms with Crippen molar-refractivity contribution < 1.29 is 0 Å². The summed E-state index contributed by atoms with van der Waals surface area (Å²) < 4.78 is 1.95. The van der Waals surface area contributed by atoms with E-state index in [0.29, 0.717) is 0 Å². The van der Waals surface area contributed by atoms with E-state index in [2.05, 4.69) is 41.6 Å². The van der Waals surface area contributed by atoms with E-state index in [1.165, 1.54) is 25.1 Å². The summed E-state index contributed by atoms with van der Waals surface area (Å²) in [5.41, 5.74) is 2.40. The fourth-order valence-electron chi connectivity index (χ4n) is 2.80. The van der Waals surface area contributed by atoms with E-state index in [-0.39, 0.29) is 0 Å². The minimum Gasteiger partial charge on any atom is -0.312 e. The summed E-state index contributed by atoms with van der Waals surface area (Å²) in [5.74, 6) is 0.762. The number of nitrogens with one attached hydrogen (secondary N) is 1. The van der Waals surface area contributed by atoms with E-state index in [1.807, 2.05) is 16.8 Å². The van der Waals surface area contributed by atoms with Crippen LogP contribution in [-0.2, 0) is 13.1 Å². The Morgan fingerprint density at radius 1 is 1.40 bits per heavy atom. The van der Waals surface area contributed by atoms with Crippen molar-refractivity contribution in [3.63, 3.8) is 0 Å². The van der Waals surface area contributed by atoms with Crippen molar-refractivity contribution in [2.24, 2.45) is 5.92 Å². The predicted octanol–water partition coefficient (Wildman–Crippen LogP) is 1.98. The lowest BCUT2D eigenvalue weighted by Gasteiger charge is -2.13. The second-order valence-corrected chi connectivity index (χ2v) is 5.58. The van der Waals surface area contributed by atoms with Gasteiger partial charge in [-0.1, -0.05) is 12.2 Å². The van der Waals surface area contributed by atoms with Crippen LogP contribution in [0.25, 0.3) is 0 Å². The molecule has 1 atom stereocenters. The second-order valence-electron chi connectivity index (χ2n) is 5.58. The summed E-state index contributed by atoms with van der Waals surface area (Å²) >= 11 is 0. The molecule has 0 unspecified atom stereocenters. The summed E-state index contributed by atoms with van der Waals surface area (Å²) in [7, 11) is 0. The van der Waals surface area contributed by atoms with Crippen LogP contribution in [0.2, 0.25) is 0 Å². The molecule has 4 nitrogen and oxygen atoms in total. The lowest BCUT2D eigenvalue weighted by molar-refractivity contribution is 0.355. The molecule has 1 saturated heterocycles. The van der Waals surface area contributed by atoms with Crippen molar-refractivity contribution in [3.05, 3.63) is 42.8 Å². The molecule has 1 aliphatic heterocycles. The van der Waals surface area contributed by atoms with Gasteiger partial charge in [0.2, 0.25) is 0 Å². The van der Waals surface area contributed by atoms with E-state index >= 15 is 0 Å². The maximum Gasteiger partial charge on any atom is 0.0638 e. The van der Waals surface area contributed by atoms with Crippen LogP contribution in [0, 0.1) is 12.8 Å². The first-order chi connectivity index (χ1) is 9.72. The van der Waals surface area contributed by atoms with E-state index < -0.39 is 0 Å². The second kappa shape index (κ2) is 7.41. The third-order valence-electron chi connectivity index (χ3n) is 3.87. The number of likely N-dealkylation sites (tertiary alicyclic amines) is 1. The minimum atomic E-state index is 0.762. The molecule has 1 aromatic heterocycles.